The number of nitrogens with zero attached hydrogens (tertiary/aromatic N) is 3. The Morgan fingerprint density at radius 1 is 1.08 bits per heavy atom. The largest absolute Gasteiger partial charge is 0.497 e. The average molecular weight is 681 g/mol. The van der Waals surface area contributed by atoms with Crippen LogP contribution in [0.1, 0.15) is 28.7 Å². The average Bonchev–Trinajstić information content (AvgIpc) is 3.36. The molecule has 1 aliphatic rings. The predicted octanol–water partition coefficient (Wildman–Crippen LogP) is 4.85. The molecule has 1 aliphatic carbocycles. The standard InChI is InChI=1S/C33H30F2N4O8S/c1-45-23-12-10-21(27(14-23)46-2)18-39(31-8-4-7-30(35)37-31)48(43,44)29-16-28-26(15-25(29)34)38(33(42)47-28)17-20-6-3-5-19-9-11-22(13-24(19)20)36-32(40)41/h3-8,10,12,14-16,22,36H,9,11,13,17-18H2,1-2H3,(H,40,41). The van der Waals surface area contributed by atoms with Gasteiger partial charge in [-0.15, -0.1) is 0 Å². The normalized spacial score (nSPS) is 14.4. The molecule has 0 spiro atoms. The lowest BCUT2D eigenvalue weighted by Gasteiger charge is -2.26. The molecule has 0 aliphatic heterocycles. The number of anilines is 1. The highest BCUT2D eigenvalue weighted by molar-refractivity contribution is 7.92. The van der Waals surface area contributed by atoms with E-state index >= 15 is 4.39 Å². The molecule has 2 heterocycles. The fourth-order valence-electron chi connectivity index (χ4n) is 5.97. The van der Waals surface area contributed by atoms with Crippen LogP contribution < -0.4 is 24.9 Å². The van der Waals surface area contributed by atoms with Crippen LogP contribution in [0.5, 0.6) is 11.5 Å². The summed E-state index contributed by atoms with van der Waals surface area (Å²) in [6.45, 7) is -0.456. The molecular weight excluding hydrogens is 650 g/mol. The van der Waals surface area contributed by atoms with Crippen molar-refractivity contribution in [2.45, 2.75) is 43.3 Å². The minimum Gasteiger partial charge on any atom is -0.497 e. The summed E-state index contributed by atoms with van der Waals surface area (Å²) in [6, 6.07) is 15.3. The number of halogens is 2. The Hall–Kier alpha value is -5.44. The van der Waals surface area contributed by atoms with E-state index in [1.54, 1.807) is 18.2 Å². The Morgan fingerprint density at radius 2 is 1.88 bits per heavy atom. The van der Waals surface area contributed by atoms with Crippen LogP contribution >= 0.6 is 0 Å². The Labute approximate surface area is 273 Å². The van der Waals surface area contributed by atoms with Crippen LogP contribution in [0.25, 0.3) is 11.1 Å². The van der Waals surface area contributed by atoms with Gasteiger partial charge in [0.2, 0.25) is 5.95 Å². The number of pyridine rings is 1. The number of benzene rings is 3. The van der Waals surface area contributed by atoms with E-state index in [4.69, 9.17) is 13.9 Å². The lowest BCUT2D eigenvalue weighted by molar-refractivity contribution is 0.188. The van der Waals surface area contributed by atoms with Crippen LogP contribution in [-0.2, 0) is 36.0 Å². The molecule has 1 unspecified atom stereocenters. The zero-order valence-corrected chi connectivity index (χ0v) is 26.6. The maximum atomic E-state index is 16.0. The van der Waals surface area contributed by atoms with Crippen molar-refractivity contribution < 1.29 is 41.0 Å². The lowest BCUT2D eigenvalue weighted by atomic mass is 9.85. The summed E-state index contributed by atoms with van der Waals surface area (Å²) in [4.78, 5) is 27.3. The molecule has 250 valence electrons. The maximum Gasteiger partial charge on any atom is 0.420 e. The van der Waals surface area contributed by atoms with Crippen molar-refractivity contribution in [1.29, 1.82) is 0 Å². The first-order valence-electron chi connectivity index (χ1n) is 14.8. The van der Waals surface area contributed by atoms with Crippen molar-refractivity contribution in [2.24, 2.45) is 0 Å². The number of ether oxygens (including phenoxy) is 2. The molecule has 48 heavy (non-hydrogen) atoms. The number of carbonyl (C=O) groups is 1. The number of hydrogen-bond donors (Lipinski definition) is 2. The highest BCUT2D eigenvalue weighted by Gasteiger charge is 2.32. The van der Waals surface area contributed by atoms with E-state index in [0.29, 0.717) is 36.1 Å². The number of hydrogen-bond acceptors (Lipinski definition) is 8. The quantitative estimate of drug-likeness (QED) is 0.197. The number of aryl methyl sites for hydroxylation is 1. The van der Waals surface area contributed by atoms with Gasteiger partial charge in [-0.2, -0.15) is 4.39 Å². The van der Waals surface area contributed by atoms with Crippen molar-refractivity contribution in [3.8, 4) is 11.5 Å². The molecule has 5 aromatic rings. The number of sulfonamides is 1. The topological polar surface area (TPSA) is 153 Å². The molecule has 0 saturated heterocycles. The third kappa shape index (κ3) is 6.28. The van der Waals surface area contributed by atoms with Crippen LogP contribution in [0.2, 0.25) is 0 Å². The molecule has 0 bridgehead atoms. The molecule has 3 aromatic carbocycles. The van der Waals surface area contributed by atoms with E-state index in [-0.39, 0.29) is 35.3 Å². The van der Waals surface area contributed by atoms with Gasteiger partial charge >= 0.3 is 11.8 Å². The van der Waals surface area contributed by atoms with Crippen LogP contribution in [0.4, 0.5) is 19.4 Å². The zero-order chi connectivity index (χ0) is 34.2. The fraction of sp³-hybridized carbons (Fsp3) is 0.242. The minimum atomic E-state index is -4.81. The number of aromatic nitrogens is 2. The molecule has 0 saturated carbocycles. The van der Waals surface area contributed by atoms with E-state index in [1.807, 2.05) is 12.1 Å². The summed E-state index contributed by atoms with van der Waals surface area (Å²) in [5, 5.41) is 11.7. The Morgan fingerprint density at radius 3 is 2.60 bits per heavy atom. The van der Waals surface area contributed by atoms with Crippen LogP contribution in [0.15, 0.2) is 80.8 Å². The van der Waals surface area contributed by atoms with E-state index in [2.05, 4.69) is 10.3 Å². The Kier molecular flexibility index (Phi) is 8.79. The minimum absolute atomic E-state index is 0.0114. The van der Waals surface area contributed by atoms with Gasteiger partial charge in [0.05, 0.1) is 32.8 Å². The van der Waals surface area contributed by atoms with E-state index in [9.17, 15) is 27.5 Å². The van der Waals surface area contributed by atoms with Crippen molar-refractivity contribution in [3.05, 3.63) is 111 Å². The third-order valence-electron chi connectivity index (χ3n) is 8.29. The van der Waals surface area contributed by atoms with Crippen LogP contribution in [-0.4, -0.2) is 49.4 Å². The smallest absolute Gasteiger partial charge is 0.420 e. The first-order chi connectivity index (χ1) is 23.0. The zero-order valence-electron chi connectivity index (χ0n) is 25.8. The van der Waals surface area contributed by atoms with E-state index in [1.165, 1.54) is 37.0 Å². The number of fused-ring (bicyclic) bond motifs is 2. The van der Waals surface area contributed by atoms with Crippen LogP contribution in [0.3, 0.4) is 0 Å². The van der Waals surface area contributed by atoms with Crippen molar-refractivity contribution in [3.63, 3.8) is 0 Å². The van der Waals surface area contributed by atoms with Gasteiger partial charge in [-0.1, -0.05) is 24.3 Å². The second kappa shape index (κ2) is 13.0. The van der Waals surface area contributed by atoms with Crippen molar-refractivity contribution in [2.75, 3.05) is 18.5 Å². The first-order valence-corrected chi connectivity index (χ1v) is 16.2. The van der Waals surface area contributed by atoms with Gasteiger partial charge in [0.25, 0.3) is 10.0 Å². The number of oxazole rings is 1. The molecule has 2 N–H and O–H groups in total. The molecular formula is C33H30F2N4O8S. The van der Waals surface area contributed by atoms with Gasteiger partial charge in [-0.05, 0) is 60.2 Å². The van der Waals surface area contributed by atoms with Crippen LogP contribution in [0, 0.1) is 11.8 Å². The number of amides is 1. The summed E-state index contributed by atoms with van der Waals surface area (Å²) >= 11 is 0. The highest BCUT2D eigenvalue weighted by Crippen LogP contribution is 2.33. The van der Waals surface area contributed by atoms with Gasteiger partial charge < -0.3 is 24.3 Å². The Bertz CT molecular complexity index is 2200. The molecule has 2 aromatic heterocycles. The summed E-state index contributed by atoms with van der Waals surface area (Å²) in [6.07, 6.45) is 0.522. The van der Waals surface area contributed by atoms with Gasteiger partial charge in [-0.25, -0.2) is 31.7 Å². The summed E-state index contributed by atoms with van der Waals surface area (Å²) in [5.74, 6) is -2.60. The number of methoxy groups -OCH3 is 2. The van der Waals surface area contributed by atoms with Gasteiger partial charge in [-0.3, -0.25) is 4.57 Å². The fourth-order valence-corrected chi connectivity index (χ4v) is 7.43. The summed E-state index contributed by atoms with van der Waals surface area (Å²) in [5.41, 5.74) is 2.76. The van der Waals surface area contributed by atoms with Gasteiger partial charge in [0, 0.05) is 29.8 Å². The molecule has 0 radical (unpaired) electrons. The molecule has 1 atom stereocenters. The maximum absolute atomic E-state index is 16.0. The highest BCUT2D eigenvalue weighted by atomic mass is 32.2. The molecule has 15 heteroatoms. The predicted molar refractivity (Wildman–Crippen MR) is 170 cm³/mol. The van der Waals surface area contributed by atoms with Crippen molar-refractivity contribution >= 4 is 33.0 Å². The molecule has 6 rings (SSSR count). The lowest BCUT2D eigenvalue weighted by Crippen LogP contribution is -2.38. The van der Waals surface area contributed by atoms with E-state index < -0.39 is 45.1 Å². The number of rotatable bonds is 10. The van der Waals surface area contributed by atoms with Gasteiger partial charge in [0.15, 0.2) is 5.58 Å². The summed E-state index contributed by atoms with van der Waals surface area (Å²) < 4.78 is 76.6. The molecule has 1 amide bonds. The number of carboxylic acid groups (broad SMARTS) is 1. The monoisotopic (exact) mass is 680 g/mol. The number of nitrogens with one attached hydrogen (secondary N) is 1. The SMILES string of the molecule is COc1ccc(CN(c2cccc(F)n2)S(=O)(=O)c2cc3oc(=O)n(Cc4cccc5c4CC(NC(=O)O)CC5)c3cc2F)c(OC)c1. The van der Waals surface area contributed by atoms with Gasteiger partial charge in [0.1, 0.15) is 28.0 Å². The summed E-state index contributed by atoms with van der Waals surface area (Å²) in [7, 11) is -1.97. The third-order valence-corrected chi connectivity index (χ3v) is 10.1. The Balaban J connectivity index is 1.40. The first kappa shape index (κ1) is 32.5. The molecule has 0 fully saturated rings. The molecule has 12 nitrogen and oxygen atoms in total. The second-order valence-corrected chi connectivity index (χ2v) is 13.0. The van der Waals surface area contributed by atoms with E-state index in [0.717, 1.165) is 33.6 Å². The second-order valence-electron chi connectivity index (χ2n) is 11.2. The van der Waals surface area contributed by atoms with Crippen molar-refractivity contribution in [1.82, 2.24) is 14.9 Å².